The summed E-state index contributed by atoms with van der Waals surface area (Å²) in [5.41, 5.74) is 1.96. The monoisotopic (exact) mass is 341 g/mol. The fraction of sp³-hybridized carbons (Fsp3) is 0.357. The van der Waals surface area contributed by atoms with Crippen molar-refractivity contribution >= 4 is 41.0 Å². The zero-order chi connectivity index (χ0) is 15.9. The number of hydrogen-bond donors (Lipinski definition) is 2. The minimum Gasteiger partial charge on any atom is -0.334 e. The third kappa shape index (κ3) is 2.89. The fourth-order valence-electron chi connectivity index (χ4n) is 2.66. The molecule has 0 bridgehead atoms. The molecule has 0 saturated carbocycles. The van der Waals surface area contributed by atoms with Crippen LogP contribution in [0.2, 0.25) is 10.0 Å². The van der Waals surface area contributed by atoms with Gasteiger partial charge in [0.15, 0.2) is 0 Å². The van der Waals surface area contributed by atoms with Gasteiger partial charge in [0.2, 0.25) is 5.91 Å². The van der Waals surface area contributed by atoms with Crippen LogP contribution in [0.4, 0.5) is 4.79 Å². The Balaban J connectivity index is 1.58. The number of halogens is 2. The van der Waals surface area contributed by atoms with Crippen LogP contribution in [0.25, 0.3) is 0 Å². The Hall–Kier alpha value is -1.79. The third-order valence-electron chi connectivity index (χ3n) is 3.82. The Kier molecular flexibility index (Phi) is 3.97. The number of amides is 4. The van der Waals surface area contributed by atoms with Crippen LogP contribution in [-0.4, -0.2) is 28.8 Å². The van der Waals surface area contributed by atoms with Crippen molar-refractivity contribution in [2.45, 2.75) is 32.0 Å². The number of hydrogen-bond acceptors (Lipinski definition) is 3. The zero-order valence-electron chi connectivity index (χ0n) is 11.5. The first kappa shape index (κ1) is 15.1. The average molecular weight is 342 g/mol. The summed E-state index contributed by atoms with van der Waals surface area (Å²) in [6, 6.07) is 2.40. The molecule has 2 N–H and O–H groups in total. The molecular weight excluding hydrogens is 329 g/mol. The van der Waals surface area contributed by atoms with Gasteiger partial charge in [-0.25, -0.2) is 4.79 Å². The maximum atomic E-state index is 12.2. The van der Waals surface area contributed by atoms with E-state index < -0.39 is 12.1 Å². The van der Waals surface area contributed by atoms with E-state index in [0.717, 1.165) is 11.1 Å². The summed E-state index contributed by atoms with van der Waals surface area (Å²) in [4.78, 5) is 36.4. The predicted octanol–water partition coefficient (Wildman–Crippen LogP) is 1.82. The second-order valence-corrected chi connectivity index (χ2v) is 6.15. The molecule has 0 spiro atoms. The summed E-state index contributed by atoms with van der Waals surface area (Å²) in [5, 5.41) is 5.56. The van der Waals surface area contributed by atoms with Gasteiger partial charge in [-0.3, -0.25) is 14.9 Å². The van der Waals surface area contributed by atoms with Gasteiger partial charge >= 0.3 is 6.03 Å². The Morgan fingerprint density at radius 2 is 1.77 bits per heavy atom. The van der Waals surface area contributed by atoms with Crippen molar-refractivity contribution in [3.63, 3.8) is 0 Å². The van der Waals surface area contributed by atoms with Crippen LogP contribution in [0.15, 0.2) is 12.1 Å². The van der Waals surface area contributed by atoms with Gasteiger partial charge in [-0.2, -0.15) is 0 Å². The predicted molar refractivity (Wildman–Crippen MR) is 80.4 cm³/mol. The van der Waals surface area contributed by atoms with Gasteiger partial charge in [0.05, 0.1) is 10.0 Å². The highest BCUT2D eigenvalue weighted by atomic mass is 35.5. The largest absolute Gasteiger partial charge is 0.334 e. The number of rotatable bonds is 3. The van der Waals surface area contributed by atoms with Gasteiger partial charge < -0.3 is 10.2 Å². The maximum absolute atomic E-state index is 12.2. The summed E-state index contributed by atoms with van der Waals surface area (Å²) in [6.07, 6.45) is 0.471. The van der Waals surface area contributed by atoms with E-state index in [9.17, 15) is 14.4 Å². The quantitative estimate of drug-likeness (QED) is 0.823. The van der Waals surface area contributed by atoms with Crippen LogP contribution in [0.1, 0.15) is 24.0 Å². The molecule has 1 unspecified atom stereocenters. The molecule has 1 aromatic carbocycles. The molecule has 2 heterocycles. The minimum atomic E-state index is -0.634. The van der Waals surface area contributed by atoms with Gasteiger partial charge in [-0.05, 0) is 29.7 Å². The topological polar surface area (TPSA) is 78.5 Å². The summed E-state index contributed by atoms with van der Waals surface area (Å²) < 4.78 is 0. The fourth-order valence-corrected chi connectivity index (χ4v) is 3.03. The zero-order valence-corrected chi connectivity index (χ0v) is 13.0. The maximum Gasteiger partial charge on any atom is 0.322 e. The van der Waals surface area contributed by atoms with E-state index in [2.05, 4.69) is 10.6 Å². The highest BCUT2D eigenvalue weighted by Crippen LogP contribution is 2.31. The molecule has 116 valence electrons. The molecule has 8 heteroatoms. The van der Waals surface area contributed by atoms with Crippen molar-refractivity contribution in [1.29, 1.82) is 0 Å². The molecule has 1 fully saturated rings. The van der Waals surface area contributed by atoms with E-state index in [1.54, 1.807) is 17.0 Å². The standard InChI is InChI=1S/C14H13Cl2N3O3/c15-9-3-7-5-19(6-8(7)4-10(9)16)12(20)2-1-11-13(21)18-14(22)17-11/h3-4,11H,1-2,5-6H2,(H2,17,18,21,22). The molecule has 3 rings (SSSR count). The van der Waals surface area contributed by atoms with E-state index in [4.69, 9.17) is 23.2 Å². The molecule has 1 atom stereocenters. The van der Waals surface area contributed by atoms with Crippen LogP contribution in [0, 0.1) is 0 Å². The molecule has 22 heavy (non-hydrogen) atoms. The Labute approximate surface area is 136 Å². The first-order valence-corrected chi connectivity index (χ1v) is 7.55. The lowest BCUT2D eigenvalue weighted by Crippen LogP contribution is -2.32. The Morgan fingerprint density at radius 3 is 2.27 bits per heavy atom. The van der Waals surface area contributed by atoms with E-state index in [-0.39, 0.29) is 24.7 Å². The molecule has 0 radical (unpaired) electrons. The lowest BCUT2D eigenvalue weighted by molar-refractivity contribution is -0.132. The molecule has 2 aliphatic rings. The number of imide groups is 1. The summed E-state index contributed by atoms with van der Waals surface area (Å²) in [5.74, 6) is -0.460. The Morgan fingerprint density at radius 1 is 1.18 bits per heavy atom. The summed E-state index contributed by atoms with van der Waals surface area (Å²) >= 11 is 12.0. The SMILES string of the molecule is O=C1NC(=O)C(CCC(=O)N2Cc3cc(Cl)c(Cl)cc3C2)N1. The molecule has 1 saturated heterocycles. The van der Waals surface area contributed by atoms with E-state index >= 15 is 0 Å². The number of urea groups is 1. The molecule has 6 nitrogen and oxygen atoms in total. The molecule has 0 aromatic heterocycles. The molecule has 1 aromatic rings. The van der Waals surface area contributed by atoms with Gasteiger partial charge in [0, 0.05) is 19.5 Å². The molecule has 4 amide bonds. The van der Waals surface area contributed by atoms with E-state index in [0.29, 0.717) is 23.1 Å². The molecular formula is C14H13Cl2N3O3. The van der Waals surface area contributed by atoms with Crippen LogP contribution < -0.4 is 10.6 Å². The second-order valence-electron chi connectivity index (χ2n) is 5.34. The second kappa shape index (κ2) is 5.78. The van der Waals surface area contributed by atoms with Gasteiger partial charge in [0.1, 0.15) is 6.04 Å². The van der Waals surface area contributed by atoms with Crippen molar-refractivity contribution in [3.05, 3.63) is 33.3 Å². The molecule has 0 aliphatic carbocycles. The first-order chi connectivity index (χ1) is 10.4. The van der Waals surface area contributed by atoms with Crippen molar-refractivity contribution in [2.24, 2.45) is 0 Å². The number of nitrogens with zero attached hydrogens (tertiary/aromatic N) is 1. The smallest absolute Gasteiger partial charge is 0.322 e. The number of fused-ring (bicyclic) bond motifs is 1. The molecule has 2 aliphatic heterocycles. The van der Waals surface area contributed by atoms with Crippen molar-refractivity contribution in [1.82, 2.24) is 15.5 Å². The number of carbonyl (C=O) groups is 3. The highest BCUT2D eigenvalue weighted by molar-refractivity contribution is 6.42. The van der Waals surface area contributed by atoms with Crippen molar-refractivity contribution in [3.8, 4) is 0 Å². The number of carbonyl (C=O) groups excluding carboxylic acids is 3. The lowest BCUT2D eigenvalue weighted by Gasteiger charge is -2.16. The average Bonchev–Trinajstić information content (AvgIpc) is 2.99. The normalized spacial score (nSPS) is 19.9. The lowest BCUT2D eigenvalue weighted by atomic mass is 10.1. The van der Waals surface area contributed by atoms with Crippen molar-refractivity contribution < 1.29 is 14.4 Å². The highest BCUT2D eigenvalue weighted by Gasteiger charge is 2.31. The number of nitrogens with one attached hydrogen (secondary N) is 2. The number of benzene rings is 1. The van der Waals surface area contributed by atoms with Crippen LogP contribution in [0.3, 0.4) is 0 Å². The minimum absolute atomic E-state index is 0.0719. The first-order valence-electron chi connectivity index (χ1n) is 6.80. The van der Waals surface area contributed by atoms with Crippen LogP contribution >= 0.6 is 23.2 Å². The van der Waals surface area contributed by atoms with Gasteiger partial charge in [0.25, 0.3) is 5.91 Å². The van der Waals surface area contributed by atoms with Crippen LogP contribution in [0.5, 0.6) is 0 Å². The van der Waals surface area contributed by atoms with Crippen molar-refractivity contribution in [2.75, 3.05) is 0 Å². The van der Waals surface area contributed by atoms with Gasteiger partial charge in [-0.15, -0.1) is 0 Å². The van der Waals surface area contributed by atoms with Crippen LogP contribution in [-0.2, 0) is 22.7 Å². The summed E-state index contributed by atoms with van der Waals surface area (Å²) in [6.45, 7) is 0.961. The van der Waals surface area contributed by atoms with E-state index in [1.807, 2.05) is 0 Å². The van der Waals surface area contributed by atoms with Gasteiger partial charge in [-0.1, -0.05) is 23.2 Å². The summed E-state index contributed by atoms with van der Waals surface area (Å²) in [7, 11) is 0. The third-order valence-corrected chi connectivity index (χ3v) is 4.55. The van der Waals surface area contributed by atoms with E-state index in [1.165, 1.54) is 0 Å². The Bertz CT molecular complexity index is 647.